The molecular formula is C26H30N2O4. The second kappa shape index (κ2) is 9.47. The number of benzene rings is 2. The van der Waals surface area contributed by atoms with Gasteiger partial charge < -0.3 is 19.4 Å². The molecule has 2 heterocycles. The van der Waals surface area contributed by atoms with Crippen LogP contribution in [0.1, 0.15) is 53.8 Å². The first-order valence-corrected chi connectivity index (χ1v) is 11.2. The summed E-state index contributed by atoms with van der Waals surface area (Å²) in [4.78, 5) is 27.9. The number of nitrogens with one attached hydrogen (secondary N) is 1. The molecule has 3 aromatic rings. The molecule has 0 spiro atoms. The van der Waals surface area contributed by atoms with Gasteiger partial charge in [0.15, 0.2) is 5.76 Å². The molecule has 6 nitrogen and oxygen atoms in total. The fraction of sp³-hybridized carbons (Fsp3) is 0.385. The second-order valence-electron chi connectivity index (χ2n) is 8.36. The Bertz CT molecular complexity index is 1100. The standard InChI is InChI=1S/C26H30N2O4/c1-4-21(18-8-6-5-7-9-18)26(30)28-14-12-19(13-15-28)27-25(29)24-17(2)22-16-20(31-3)10-11-23(22)32-24/h5-11,16,19,21H,4,12-15H2,1-3H3,(H,27,29). The third-order valence-corrected chi connectivity index (χ3v) is 6.40. The van der Waals surface area contributed by atoms with Crippen molar-refractivity contribution >= 4 is 22.8 Å². The fourth-order valence-electron chi connectivity index (χ4n) is 4.50. The van der Waals surface area contributed by atoms with Crippen molar-refractivity contribution < 1.29 is 18.7 Å². The highest BCUT2D eigenvalue weighted by Gasteiger charge is 2.29. The van der Waals surface area contributed by atoms with E-state index in [-0.39, 0.29) is 23.8 Å². The minimum atomic E-state index is -0.210. The molecule has 1 unspecified atom stereocenters. The van der Waals surface area contributed by atoms with Gasteiger partial charge >= 0.3 is 0 Å². The van der Waals surface area contributed by atoms with Gasteiger partial charge in [-0.1, -0.05) is 37.3 Å². The number of piperidine rings is 1. The Morgan fingerprint density at radius 2 is 1.88 bits per heavy atom. The van der Waals surface area contributed by atoms with E-state index in [4.69, 9.17) is 9.15 Å². The predicted molar refractivity (Wildman–Crippen MR) is 124 cm³/mol. The second-order valence-corrected chi connectivity index (χ2v) is 8.36. The van der Waals surface area contributed by atoms with Gasteiger partial charge in [0, 0.05) is 30.1 Å². The molecule has 1 atom stereocenters. The number of hydrogen-bond acceptors (Lipinski definition) is 4. The number of rotatable bonds is 6. The summed E-state index contributed by atoms with van der Waals surface area (Å²) in [7, 11) is 1.61. The molecule has 0 saturated carbocycles. The van der Waals surface area contributed by atoms with Gasteiger partial charge in [0.1, 0.15) is 11.3 Å². The number of ether oxygens (including phenoxy) is 1. The lowest BCUT2D eigenvalue weighted by Gasteiger charge is -2.34. The first-order chi connectivity index (χ1) is 15.5. The molecule has 0 radical (unpaired) electrons. The van der Waals surface area contributed by atoms with Gasteiger partial charge in [-0.2, -0.15) is 0 Å². The first-order valence-electron chi connectivity index (χ1n) is 11.2. The lowest BCUT2D eigenvalue weighted by molar-refractivity contribution is -0.134. The minimum Gasteiger partial charge on any atom is -0.497 e. The van der Waals surface area contributed by atoms with Crippen LogP contribution in [-0.2, 0) is 4.79 Å². The van der Waals surface area contributed by atoms with Gasteiger partial charge in [-0.25, -0.2) is 0 Å². The van der Waals surface area contributed by atoms with Crippen LogP contribution >= 0.6 is 0 Å². The Morgan fingerprint density at radius 3 is 2.53 bits per heavy atom. The van der Waals surface area contributed by atoms with Crippen molar-refractivity contribution in [1.82, 2.24) is 10.2 Å². The quantitative estimate of drug-likeness (QED) is 0.612. The summed E-state index contributed by atoms with van der Waals surface area (Å²) in [6, 6.07) is 15.5. The van der Waals surface area contributed by atoms with Crippen LogP contribution in [0.15, 0.2) is 52.9 Å². The van der Waals surface area contributed by atoms with Crippen LogP contribution in [0.3, 0.4) is 0 Å². The lowest BCUT2D eigenvalue weighted by Crippen LogP contribution is -2.47. The van der Waals surface area contributed by atoms with E-state index in [9.17, 15) is 9.59 Å². The first kappa shape index (κ1) is 21.9. The summed E-state index contributed by atoms with van der Waals surface area (Å²) in [5.41, 5.74) is 2.53. The molecule has 2 amide bonds. The van der Waals surface area contributed by atoms with Crippen molar-refractivity contribution in [2.45, 2.75) is 45.1 Å². The van der Waals surface area contributed by atoms with E-state index < -0.39 is 0 Å². The fourth-order valence-corrected chi connectivity index (χ4v) is 4.50. The van der Waals surface area contributed by atoms with E-state index in [1.807, 2.05) is 67.3 Å². The van der Waals surface area contributed by atoms with E-state index in [0.29, 0.717) is 24.4 Å². The van der Waals surface area contributed by atoms with Crippen LogP contribution in [0, 0.1) is 6.92 Å². The van der Waals surface area contributed by atoms with E-state index >= 15 is 0 Å². The molecule has 0 bridgehead atoms. The number of carbonyl (C=O) groups excluding carboxylic acids is 2. The van der Waals surface area contributed by atoms with Crippen LogP contribution in [-0.4, -0.2) is 43.0 Å². The average Bonchev–Trinajstić information content (AvgIpc) is 3.16. The van der Waals surface area contributed by atoms with Crippen LogP contribution < -0.4 is 10.1 Å². The normalized spacial score (nSPS) is 15.5. The van der Waals surface area contributed by atoms with Gasteiger partial charge in [-0.3, -0.25) is 9.59 Å². The number of methoxy groups -OCH3 is 1. The zero-order chi connectivity index (χ0) is 22.7. The maximum atomic E-state index is 13.1. The number of amides is 2. The predicted octanol–water partition coefficient (Wildman–Crippen LogP) is 4.66. The molecule has 1 aromatic heterocycles. The Balaban J connectivity index is 1.38. The van der Waals surface area contributed by atoms with Crippen molar-refractivity contribution in [2.24, 2.45) is 0 Å². The van der Waals surface area contributed by atoms with Crippen molar-refractivity contribution in [3.8, 4) is 5.75 Å². The van der Waals surface area contributed by atoms with Gasteiger partial charge in [0.2, 0.25) is 5.91 Å². The molecule has 1 aliphatic heterocycles. The lowest BCUT2D eigenvalue weighted by atomic mass is 9.93. The topological polar surface area (TPSA) is 71.8 Å². The molecule has 1 N–H and O–H groups in total. The molecular weight excluding hydrogens is 404 g/mol. The van der Waals surface area contributed by atoms with Crippen molar-refractivity contribution in [3.05, 3.63) is 65.4 Å². The zero-order valence-corrected chi connectivity index (χ0v) is 18.9. The molecule has 6 heteroatoms. The number of fused-ring (bicyclic) bond motifs is 1. The summed E-state index contributed by atoms with van der Waals surface area (Å²) < 4.78 is 11.1. The molecule has 1 fully saturated rings. The molecule has 168 valence electrons. The van der Waals surface area contributed by atoms with Crippen LogP contribution in [0.5, 0.6) is 5.75 Å². The monoisotopic (exact) mass is 434 g/mol. The number of hydrogen-bond donors (Lipinski definition) is 1. The van der Waals surface area contributed by atoms with Crippen molar-refractivity contribution in [2.75, 3.05) is 20.2 Å². The minimum absolute atomic E-state index is 0.0190. The number of furan rings is 1. The molecule has 2 aromatic carbocycles. The summed E-state index contributed by atoms with van der Waals surface area (Å²) in [6.45, 7) is 5.22. The van der Waals surface area contributed by atoms with E-state index in [1.165, 1.54) is 0 Å². The highest BCUT2D eigenvalue weighted by atomic mass is 16.5. The summed E-state index contributed by atoms with van der Waals surface area (Å²) >= 11 is 0. The van der Waals surface area contributed by atoms with Crippen LogP contribution in [0.2, 0.25) is 0 Å². The highest BCUT2D eigenvalue weighted by Crippen LogP contribution is 2.29. The average molecular weight is 435 g/mol. The van der Waals surface area contributed by atoms with Crippen LogP contribution in [0.4, 0.5) is 0 Å². The maximum absolute atomic E-state index is 13.1. The summed E-state index contributed by atoms with van der Waals surface area (Å²) in [5.74, 6) is 0.911. The molecule has 1 aliphatic rings. The number of carbonyl (C=O) groups is 2. The Kier molecular flexibility index (Phi) is 6.49. The van der Waals surface area contributed by atoms with E-state index in [2.05, 4.69) is 5.32 Å². The smallest absolute Gasteiger partial charge is 0.287 e. The molecule has 0 aliphatic carbocycles. The third-order valence-electron chi connectivity index (χ3n) is 6.40. The zero-order valence-electron chi connectivity index (χ0n) is 18.9. The highest BCUT2D eigenvalue weighted by molar-refractivity contribution is 5.99. The Hall–Kier alpha value is -3.28. The van der Waals surface area contributed by atoms with E-state index in [0.717, 1.165) is 41.5 Å². The third kappa shape index (κ3) is 4.35. The van der Waals surface area contributed by atoms with Crippen LogP contribution in [0.25, 0.3) is 11.0 Å². The van der Waals surface area contributed by atoms with Gasteiger partial charge in [-0.05, 0) is 49.9 Å². The Labute approximate surface area is 188 Å². The number of likely N-dealkylation sites (tertiary alicyclic amines) is 1. The van der Waals surface area contributed by atoms with Gasteiger partial charge in [-0.15, -0.1) is 0 Å². The van der Waals surface area contributed by atoms with E-state index in [1.54, 1.807) is 7.11 Å². The summed E-state index contributed by atoms with van der Waals surface area (Å²) in [6.07, 6.45) is 2.24. The van der Waals surface area contributed by atoms with Gasteiger partial charge in [0.25, 0.3) is 5.91 Å². The van der Waals surface area contributed by atoms with Crippen molar-refractivity contribution in [3.63, 3.8) is 0 Å². The SMILES string of the molecule is CCC(C(=O)N1CCC(NC(=O)c2oc3ccc(OC)cc3c2C)CC1)c1ccccc1. The molecule has 1 saturated heterocycles. The number of aryl methyl sites for hydroxylation is 1. The Morgan fingerprint density at radius 1 is 1.16 bits per heavy atom. The molecule has 4 rings (SSSR count). The van der Waals surface area contributed by atoms with Gasteiger partial charge in [0.05, 0.1) is 13.0 Å². The largest absolute Gasteiger partial charge is 0.497 e. The summed E-state index contributed by atoms with van der Waals surface area (Å²) in [5, 5.41) is 3.97. The molecule has 32 heavy (non-hydrogen) atoms. The number of nitrogens with zero attached hydrogens (tertiary/aromatic N) is 1. The van der Waals surface area contributed by atoms with Crippen molar-refractivity contribution in [1.29, 1.82) is 0 Å². The maximum Gasteiger partial charge on any atom is 0.287 e.